The summed E-state index contributed by atoms with van der Waals surface area (Å²) in [5.74, 6) is 0. The smallest absolute Gasteiger partial charge is 0.207 e. The average Bonchev–Trinajstić information content (AvgIpc) is 2.90. The quantitative estimate of drug-likeness (QED) is 0.831. The molecule has 1 aliphatic rings. The molecule has 0 amide bonds. The Kier molecular flexibility index (Phi) is 5.00. The molecule has 0 radical (unpaired) electrons. The van der Waals surface area contributed by atoms with Gasteiger partial charge in [-0.1, -0.05) is 43.2 Å². The lowest BCUT2D eigenvalue weighted by atomic mass is 10.2. The summed E-state index contributed by atoms with van der Waals surface area (Å²) in [7, 11) is -3.35. The Labute approximate surface area is 122 Å². The minimum Gasteiger partial charge on any atom is -0.207 e. The van der Waals surface area contributed by atoms with Crippen LogP contribution in [-0.4, -0.2) is 24.8 Å². The van der Waals surface area contributed by atoms with Crippen LogP contribution >= 0.6 is 0 Å². The van der Waals surface area contributed by atoms with Gasteiger partial charge in [0.25, 0.3) is 0 Å². The third-order valence-corrected chi connectivity index (χ3v) is 5.51. The zero-order valence-electron chi connectivity index (χ0n) is 12.2. The Balaban J connectivity index is 2.20. The lowest BCUT2D eigenvalue weighted by Crippen LogP contribution is -2.42. The highest BCUT2D eigenvalue weighted by Crippen LogP contribution is 2.28. The maximum Gasteiger partial charge on any atom is 0.236 e. The highest BCUT2D eigenvalue weighted by atomic mass is 32.2. The summed E-state index contributed by atoms with van der Waals surface area (Å²) in [5, 5.41) is 1.35. The van der Waals surface area contributed by atoms with Gasteiger partial charge in [-0.05, 0) is 38.3 Å². The van der Waals surface area contributed by atoms with E-state index in [1.165, 1.54) is 5.41 Å². The largest absolute Gasteiger partial charge is 0.236 e. The topological polar surface area (TPSA) is 37.4 Å². The molecular formula is C16H23NO2S. The van der Waals surface area contributed by atoms with E-state index in [1.807, 2.05) is 44.2 Å². The minimum absolute atomic E-state index is 0.00326. The van der Waals surface area contributed by atoms with E-state index in [4.69, 9.17) is 0 Å². The van der Waals surface area contributed by atoms with Crippen LogP contribution in [0.2, 0.25) is 0 Å². The van der Waals surface area contributed by atoms with Crippen molar-refractivity contribution in [1.29, 1.82) is 0 Å². The molecule has 1 saturated carbocycles. The molecule has 0 spiro atoms. The van der Waals surface area contributed by atoms with Gasteiger partial charge in [0.15, 0.2) is 0 Å². The van der Waals surface area contributed by atoms with Crippen LogP contribution in [0.4, 0.5) is 0 Å². The molecule has 0 N–H and O–H groups in total. The minimum atomic E-state index is -3.35. The fourth-order valence-corrected chi connectivity index (χ4v) is 4.56. The Hall–Kier alpha value is -1.13. The van der Waals surface area contributed by atoms with E-state index >= 15 is 0 Å². The molecule has 3 nitrogen and oxygen atoms in total. The number of sulfonamides is 1. The summed E-state index contributed by atoms with van der Waals surface area (Å²) in [6.45, 7) is 3.90. The second-order valence-electron chi connectivity index (χ2n) is 5.62. The van der Waals surface area contributed by atoms with Gasteiger partial charge in [-0.15, -0.1) is 0 Å². The van der Waals surface area contributed by atoms with Gasteiger partial charge < -0.3 is 0 Å². The number of rotatable bonds is 5. The molecule has 0 saturated heterocycles. The van der Waals surface area contributed by atoms with Crippen LogP contribution in [0.1, 0.15) is 45.1 Å². The van der Waals surface area contributed by atoms with E-state index < -0.39 is 10.0 Å². The first-order valence-corrected chi connectivity index (χ1v) is 8.78. The lowest BCUT2D eigenvalue weighted by molar-refractivity contribution is 0.279. The number of hydrogen-bond acceptors (Lipinski definition) is 2. The molecule has 0 bridgehead atoms. The van der Waals surface area contributed by atoms with Crippen LogP contribution in [-0.2, 0) is 10.0 Å². The molecule has 4 heteroatoms. The van der Waals surface area contributed by atoms with Gasteiger partial charge in [0.2, 0.25) is 10.0 Å². The highest BCUT2D eigenvalue weighted by molar-refractivity contribution is 7.92. The second-order valence-corrected chi connectivity index (χ2v) is 7.34. The molecule has 0 atom stereocenters. The van der Waals surface area contributed by atoms with Crippen molar-refractivity contribution >= 4 is 16.1 Å². The first kappa shape index (κ1) is 15.3. The Morgan fingerprint density at radius 2 is 1.75 bits per heavy atom. The summed E-state index contributed by atoms with van der Waals surface area (Å²) in [5.41, 5.74) is 0.909. The van der Waals surface area contributed by atoms with Gasteiger partial charge in [0.05, 0.1) is 0 Å². The van der Waals surface area contributed by atoms with E-state index in [0.29, 0.717) is 0 Å². The van der Waals surface area contributed by atoms with Crippen molar-refractivity contribution in [2.45, 2.75) is 51.6 Å². The molecule has 0 unspecified atom stereocenters. The van der Waals surface area contributed by atoms with Gasteiger partial charge in [0.1, 0.15) is 0 Å². The summed E-state index contributed by atoms with van der Waals surface area (Å²) < 4.78 is 26.8. The SMILES string of the molecule is CC(C)N(C1CCCC1)S(=O)(=O)/C=C\c1ccccc1. The van der Waals surface area contributed by atoms with E-state index in [2.05, 4.69) is 0 Å². The summed E-state index contributed by atoms with van der Waals surface area (Å²) in [4.78, 5) is 0. The maximum atomic E-state index is 12.6. The summed E-state index contributed by atoms with van der Waals surface area (Å²) >= 11 is 0. The standard InChI is InChI=1S/C16H23NO2S/c1-14(2)17(16-10-6-7-11-16)20(18,19)13-12-15-8-4-3-5-9-15/h3-5,8-9,12-14,16H,6-7,10-11H2,1-2H3/b13-12-. The molecule has 20 heavy (non-hydrogen) atoms. The van der Waals surface area contributed by atoms with Crippen LogP contribution in [0.5, 0.6) is 0 Å². The molecular weight excluding hydrogens is 270 g/mol. The van der Waals surface area contributed by atoms with Gasteiger partial charge in [-0.3, -0.25) is 0 Å². The zero-order chi connectivity index (χ0) is 14.6. The molecule has 0 heterocycles. The second kappa shape index (κ2) is 6.55. The summed E-state index contributed by atoms with van der Waals surface area (Å²) in [6.07, 6.45) is 5.91. The predicted molar refractivity (Wildman–Crippen MR) is 83.6 cm³/mol. The Morgan fingerprint density at radius 1 is 1.15 bits per heavy atom. The monoisotopic (exact) mass is 293 g/mol. The van der Waals surface area contributed by atoms with Crippen LogP contribution in [0.15, 0.2) is 35.7 Å². The molecule has 1 fully saturated rings. The van der Waals surface area contributed by atoms with Crippen LogP contribution in [0.3, 0.4) is 0 Å². The van der Waals surface area contributed by atoms with Crippen molar-refractivity contribution < 1.29 is 8.42 Å². The van der Waals surface area contributed by atoms with Crippen LogP contribution in [0.25, 0.3) is 6.08 Å². The fourth-order valence-electron chi connectivity index (χ4n) is 2.88. The first-order chi connectivity index (χ1) is 9.50. The number of benzene rings is 1. The first-order valence-electron chi connectivity index (χ1n) is 7.27. The van der Waals surface area contributed by atoms with Crippen molar-refractivity contribution in [2.75, 3.05) is 0 Å². The number of hydrogen-bond donors (Lipinski definition) is 0. The zero-order valence-corrected chi connectivity index (χ0v) is 13.0. The van der Waals surface area contributed by atoms with Crippen molar-refractivity contribution in [3.05, 3.63) is 41.3 Å². The third-order valence-electron chi connectivity index (χ3n) is 3.72. The van der Waals surface area contributed by atoms with Gasteiger partial charge in [-0.2, -0.15) is 4.31 Å². The maximum absolute atomic E-state index is 12.6. The lowest BCUT2D eigenvalue weighted by Gasteiger charge is -2.30. The van der Waals surface area contributed by atoms with Gasteiger partial charge in [-0.25, -0.2) is 8.42 Å². The third kappa shape index (κ3) is 3.70. The molecule has 1 aromatic rings. The number of nitrogens with zero attached hydrogens (tertiary/aromatic N) is 1. The van der Waals surface area contributed by atoms with Crippen molar-refractivity contribution in [3.8, 4) is 0 Å². The molecule has 0 aliphatic heterocycles. The van der Waals surface area contributed by atoms with E-state index in [0.717, 1.165) is 31.2 Å². The normalized spacial score (nSPS) is 17.6. The van der Waals surface area contributed by atoms with Crippen molar-refractivity contribution in [2.24, 2.45) is 0 Å². The summed E-state index contributed by atoms with van der Waals surface area (Å²) in [6, 6.07) is 9.71. The molecule has 2 rings (SSSR count). The molecule has 1 aliphatic carbocycles. The molecule has 1 aromatic carbocycles. The van der Waals surface area contributed by atoms with Crippen molar-refractivity contribution in [1.82, 2.24) is 4.31 Å². The van der Waals surface area contributed by atoms with Crippen LogP contribution in [0, 0.1) is 0 Å². The molecule has 110 valence electrons. The van der Waals surface area contributed by atoms with Crippen molar-refractivity contribution in [3.63, 3.8) is 0 Å². The Bertz CT molecular complexity index is 543. The molecule has 0 aromatic heterocycles. The van der Waals surface area contributed by atoms with E-state index in [1.54, 1.807) is 10.4 Å². The van der Waals surface area contributed by atoms with Crippen LogP contribution < -0.4 is 0 Å². The van der Waals surface area contributed by atoms with Gasteiger partial charge >= 0.3 is 0 Å². The van der Waals surface area contributed by atoms with E-state index in [9.17, 15) is 8.42 Å². The highest BCUT2D eigenvalue weighted by Gasteiger charge is 2.32. The average molecular weight is 293 g/mol. The predicted octanol–water partition coefficient (Wildman–Crippen LogP) is 3.64. The van der Waals surface area contributed by atoms with E-state index in [-0.39, 0.29) is 12.1 Å². The van der Waals surface area contributed by atoms with Gasteiger partial charge in [0, 0.05) is 17.5 Å². The Morgan fingerprint density at radius 3 is 2.30 bits per heavy atom. The fraction of sp³-hybridized carbons (Fsp3) is 0.500.